The molecule has 7 N–H and O–H groups in total. The summed E-state index contributed by atoms with van der Waals surface area (Å²) in [5, 5.41) is 31.1. The molecular formula is C27H28N4O4. The van der Waals surface area contributed by atoms with Gasteiger partial charge in [-0.15, -0.1) is 0 Å². The summed E-state index contributed by atoms with van der Waals surface area (Å²) in [6.07, 6.45) is 4.44. The van der Waals surface area contributed by atoms with Gasteiger partial charge in [0, 0.05) is 35.3 Å². The van der Waals surface area contributed by atoms with E-state index in [1.807, 2.05) is 30.3 Å². The van der Waals surface area contributed by atoms with Crippen LogP contribution in [0, 0.1) is 11.8 Å². The molecule has 3 rings (SSSR count). The highest BCUT2D eigenvalue weighted by atomic mass is 16.8. The molecule has 0 bridgehead atoms. The minimum absolute atomic E-state index is 0.0175. The Morgan fingerprint density at radius 2 is 1.83 bits per heavy atom. The van der Waals surface area contributed by atoms with Crippen molar-refractivity contribution in [2.75, 3.05) is 5.73 Å². The standard InChI is InChI=1S/C27H28N4O4/c1-26(2,32)12-11-19-9-6-10-23(13-19)27(33,34)35-24-14-21(18-31-25(24)29)22(15-28)17-30-16-20-7-4-3-5-8-20/h3-10,13-15,17-18,32-34H,16,28H2,1-2H3,(H2,29,31). The van der Waals surface area contributed by atoms with Crippen molar-refractivity contribution in [3.8, 4) is 17.6 Å². The molecule has 0 aliphatic rings. The minimum Gasteiger partial charge on any atom is -0.432 e. The molecule has 2 aromatic carbocycles. The van der Waals surface area contributed by atoms with Gasteiger partial charge in [-0.3, -0.25) is 4.99 Å². The molecule has 8 nitrogen and oxygen atoms in total. The summed E-state index contributed by atoms with van der Waals surface area (Å²) in [6, 6.07) is 17.4. The number of aromatic nitrogens is 1. The number of aliphatic imine (C=N–C) groups is 1. The summed E-state index contributed by atoms with van der Waals surface area (Å²) in [4.78, 5) is 8.49. The van der Waals surface area contributed by atoms with Gasteiger partial charge in [0.2, 0.25) is 0 Å². The first-order chi connectivity index (χ1) is 16.6. The fraction of sp³-hybridized carbons (Fsp3) is 0.185. The second-order valence-electron chi connectivity index (χ2n) is 8.28. The maximum atomic E-state index is 10.7. The number of aliphatic hydroxyl groups is 3. The maximum absolute atomic E-state index is 10.7. The number of nitrogens with two attached hydrogens (primary N) is 2. The topological polar surface area (TPSA) is 147 Å². The number of hydrogen-bond donors (Lipinski definition) is 5. The van der Waals surface area contributed by atoms with Gasteiger partial charge >= 0.3 is 5.97 Å². The molecule has 1 heterocycles. The molecule has 0 atom stereocenters. The SMILES string of the molecule is CC(C)(O)C#Cc1cccc(C(O)(O)Oc2cc(C(C=NCc3ccccc3)=CN)cnc2N)c1. The van der Waals surface area contributed by atoms with Gasteiger partial charge in [-0.2, -0.15) is 0 Å². The fourth-order valence-corrected chi connectivity index (χ4v) is 2.98. The van der Waals surface area contributed by atoms with Crippen molar-refractivity contribution in [2.24, 2.45) is 10.7 Å². The van der Waals surface area contributed by atoms with Crippen LogP contribution >= 0.6 is 0 Å². The molecule has 35 heavy (non-hydrogen) atoms. The highest BCUT2D eigenvalue weighted by Gasteiger charge is 2.30. The van der Waals surface area contributed by atoms with Gasteiger partial charge < -0.3 is 31.5 Å². The van der Waals surface area contributed by atoms with Crippen LogP contribution in [0.3, 0.4) is 0 Å². The van der Waals surface area contributed by atoms with E-state index in [1.54, 1.807) is 32.2 Å². The lowest BCUT2D eigenvalue weighted by molar-refractivity contribution is -0.303. The first-order valence-electron chi connectivity index (χ1n) is 10.8. The number of hydrogen-bond acceptors (Lipinski definition) is 8. The smallest absolute Gasteiger partial charge is 0.351 e. The van der Waals surface area contributed by atoms with Crippen molar-refractivity contribution in [1.82, 2.24) is 4.98 Å². The van der Waals surface area contributed by atoms with Crippen molar-refractivity contribution in [1.29, 1.82) is 0 Å². The number of allylic oxidation sites excluding steroid dienone is 1. The third-order valence-electron chi connectivity index (χ3n) is 4.75. The lowest BCUT2D eigenvalue weighted by Crippen LogP contribution is -2.32. The van der Waals surface area contributed by atoms with E-state index >= 15 is 0 Å². The third-order valence-corrected chi connectivity index (χ3v) is 4.75. The van der Waals surface area contributed by atoms with Crippen LogP contribution in [0.4, 0.5) is 5.82 Å². The third kappa shape index (κ3) is 7.42. The van der Waals surface area contributed by atoms with Crippen LogP contribution < -0.4 is 16.2 Å². The van der Waals surface area contributed by atoms with E-state index in [0.29, 0.717) is 23.2 Å². The number of nitrogens with zero attached hydrogens (tertiary/aromatic N) is 2. The molecule has 0 amide bonds. The van der Waals surface area contributed by atoms with Crippen molar-refractivity contribution in [3.63, 3.8) is 0 Å². The van der Waals surface area contributed by atoms with Crippen LogP contribution in [0.5, 0.6) is 5.75 Å². The number of anilines is 1. The largest absolute Gasteiger partial charge is 0.432 e. The van der Waals surface area contributed by atoms with Gasteiger partial charge in [0.25, 0.3) is 0 Å². The van der Waals surface area contributed by atoms with Crippen LogP contribution in [-0.4, -0.2) is 32.1 Å². The van der Waals surface area contributed by atoms with Gasteiger partial charge in [0.1, 0.15) is 5.60 Å². The molecular weight excluding hydrogens is 444 g/mol. The van der Waals surface area contributed by atoms with Crippen molar-refractivity contribution in [3.05, 3.63) is 95.3 Å². The van der Waals surface area contributed by atoms with E-state index in [1.165, 1.54) is 30.6 Å². The minimum atomic E-state index is -2.73. The predicted octanol–water partition coefficient (Wildman–Crippen LogP) is 2.53. The number of benzene rings is 2. The summed E-state index contributed by atoms with van der Waals surface area (Å²) in [6.45, 7) is 3.57. The number of rotatable bonds is 7. The monoisotopic (exact) mass is 472 g/mol. The molecule has 3 aromatic rings. The molecule has 0 radical (unpaired) electrons. The lowest BCUT2D eigenvalue weighted by Gasteiger charge is -2.24. The van der Waals surface area contributed by atoms with Crippen LogP contribution in [0.15, 0.2) is 78.1 Å². The number of pyridine rings is 1. The zero-order chi connectivity index (χ0) is 25.5. The Morgan fingerprint density at radius 3 is 2.51 bits per heavy atom. The van der Waals surface area contributed by atoms with Crippen molar-refractivity contribution in [2.45, 2.75) is 32.0 Å². The van der Waals surface area contributed by atoms with Gasteiger partial charge in [-0.25, -0.2) is 4.98 Å². The average molecular weight is 473 g/mol. The molecule has 180 valence electrons. The van der Waals surface area contributed by atoms with Gasteiger partial charge in [0.15, 0.2) is 11.6 Å². The van der Waals surface area contributed by atoms with Gasteiger partial charge in [-0.05, 0) is 43.7 Å². The van der Waals surface area contributed by atoms with E-state index in [0.717, 1.165) is 5.56 Å². The summed E-state index contributed by atoms with van der Waals surface area (Å²) in [5.41, 5.74) is 13.1. The van der Waals surface area contributed by atoms with E-state index in [4.69, 9.17) is 16.2 Å². The van der Waals surface area contributed by atoms with Crippen LogP contribution in [0.2, 0.25) is 0 Å². The average Bonchev–Trinajstić information content (AvgIpc) is 2.82. The first kappa shape index (κ1) is 25.5. The van der Waals surface area contributed by atoms with E-state index < -0.39 is 11.6 Å². The molecule has 0 aliphatic carbocycles. The molecule has 0 fully saturated rings. The fourth-order valence-electron chi connectivity index (χ4n) is 2.98. The quantitative estimate of drug-likeness (QED) is 0.202. The lowest BCUT2D eigenvalue weighted by atomic mass is 10.1. The van der Waals surface area contributed by atoms with E-state index in [2.05, 4.69) is 21.8 Å². The Labute approximate surface area is 204 Å². The highest BCUT2D eigenvalue weighted by molar-refractivity contribution is 6.09. The summed E-state index contributed by atoms with van der Waals surface area (Å²) >= 11 is 0. The van der Waals surface area contributed by atoms with Crippen LogP contribution in [0.1, 0.15) is 36.1 Å². The summed E-state index contributed by atoms with van der Waals surface area (Å²) in [5.74, 6) is 2.62. The molecule has 0 saturated heterocycles. The molecule has 8 heteroatoms. The second kappa shape index (κ2) is 10.8. The zero-order valence-corrected chi connectivity index (χ0v) is 19.5. The Balaban J connectivity index is 1.82. The van der Waals surface area contributed by atoms with E-state index in [-0.39, 0.29) is 17.1 Å². The maximum Gasteiger partial charge on any atom is 0.351 e. The van der Waals surface area contributed by atoms with Crippen molar-refractivity contribution >= 4 is 17.6 Å². The Morgan fingerprint density at radius 1 is 1.09 bits per heavy atom. The first-order valence-corrected chi connectivity index (χ1v) is 10.8. The molecule has 1 aromatic heterocycles. The normalized spacial score (nSPS) is 12.3. The number of nitrogen functional groups attached to an aromatic ring is 1. The molecule has 0 spiro atoms. The zero-order valence-electron chi connectivity index (χ0n) is 19.5. The van der Waals surface area contributed by atoms with Crippen molar-refractivity contribution < 1.29 is 20.1 Å². The Kier molecular flexibility index (Phi) is 7.89. The highest BCUT2D eigenvalue weighted by Crippen LogP contribution is 2.30. The molecule has 0 unspecified atom stereocenters. The Hall–Kier alpha value is -4.16. The molecule has 0 saturated carbocycles. The van der Waals surface area contributed by atoms with Crippen LogP contribution in [-0.2, 0) is 12.5 Å². The van der Waals surface area contributed by atoms with Crippen LogP contribution in [0.25, 0.3) is 5.57 Å². The second-order valence-corrected chi connectivity index (χ2v) is 8.28. The van der Waals surface area contributed by atoms with E-state index in [9.17, 15) is 15.3 Å². The Bertz CT molecular complexity index is 1280. The predicted molar refractivity (Wildman–Crippen MR) is 136 cm³/mol. The summed E-state index contributed by atoms with van der Waals surface area (Å²) in [7, 11) is 0. The molecule has 0 aliphatic heterocycles. The van der Waals surface area contributed by atoms with Gasteiger partial charge in [-0.1, -0.05) is 48.2 Å². The summed E-state index contributed by atoms with van der Waals surface area (Å²) < 4.78 is 5.44. The van der Waals surface area contributed by atoms with Gasteiger partial charge in [0.05, 0.1) is 12.1 Å². The number of ether oxygens (including phenoxy) is 1.